The first kappa shape index (κ1) is 79.6. The van der Waals surface area contributed by atoms with Crippen molar-refractivity contribution in [2.24, 2.45) is 11.7 Å². The highest BCUT2D eigenvalue weighted by Gasteiger charge is 2.42. The maximum absolute atomic E-state index is 11.7. The molecule has 0 aromatic heterocycles. The summed E-state index contributed by atoms with van der Waals surface area (Å²) in [5.74, 6) is -0.0328. The number of hydrogen-bond donors (Lipinski definition) is 1. The normalized spacial score (nSPS) is 28.8. The zero-order chi connectivity index (χ0) is 69.4. The lowest BCUT2D eigenvalue weighted by molar-refractivity contribution is -0.189. The van der Waals surface area contributed by atoms with E-state index < -0.39 is 0 Å². The monoisotopic (exact) mass is 1360 g/mol. The van der Waals surface area contributed by atoms with Crippen LogP contribution in [0.3, 0.4) is 0 Å². The number of carbonyl (C=O) groups is 3. The summed E-state index contributed by atoms with van der Waals surface area (Å²) in [5.41, 5.74) is 6.90. The third-order valence-electron chi connectivity index (χ3n) is 23.9. The highest BCUT2D eigenvalue weighted by atomic mass is 16.7. The number of nitrogens with two attached hydrogens (primary N) is 1. The summed E-state index contributed by atoms with van der Waals surface area (Å²) < 4.78 is 16.7. The first-order valence-electron chi connectivity index (χ1n) is 39.6. The van der Waals surface area contributed by atoms with Gasteiger partial charge in [0.15, 0.2) is 5.79 Å². The van der Waals surface area contributed by atoms with E-state index in [1.807, 2.05) is 16.7 Å². The van der Waals surface area contributed by atoms with Crippen molar-refractivity contribution in [1.29, 1.82) is 0 Å². The summed E-state index contributed by atoms with van der Waals surface area (Å²) in [6.07, 6.45) is 17.3. The Bertz CT molecular complexity index is 2370. The fourth-order valence-electron chi connectivity index (χ4n) is 17.4. The minimum absolute atomic E-state index is 0.0770. The average Bonchev–Trinajstić information content (AvgIpc) is 1.81. The van der Waals surface area contributed by atoms with Gasteiger partial charge in [-0.25, -0.2) is 4.79 Å². The predicted octanol–water partition coefficient (Wildman–Crippen LogP) is 8.09. The molecule has 0 bridgehead atoms. The molecular formula is C77H142N14O6. The van der Waals surface area contributed by atoms with E-state index in [1.165, 1.54) is 155 Å². The summed E-state index contributed by atoms with van der Waals surface area (Å²) in [6.45, 7) is 58.7. The molecule has 11 fully saturated rings. The third-order valence-corrected chi connectivity index (χ3v) is 23.9. The van der Waals surface area contributed by atoms with E-state index in [4.69, 9.17) is 19.9 Å². The van der Waals surface area contributed by atoms with Crippen LogP contribution in [0.5, 0.6) is 0 Å². The Morgan fingerprint density at radius 3 is 1.15 bits per heavy atom. The number of hydrogen-bond acceptors (Lipinski definition) is 17. The highest BCUT2D eigenvalue weighted by Crippen LogP contribution is 2.34. The number of likely N-dealkylation sites (tertiary alicyclic amines) is 7. The van der Waals surface area contributed by atoms with E-state index in [-0.39, 0.29) is 29.6 Å². The Hall–Kier alpha value is -3.09. The Morgan fingerprint density at radius 1 is 0.443 bits per heavy atom. The Balaban J connectivity index is 0.000000155. The van der Waals surface area contributed by atoms with Crippen molar-refractivity contribution in [3.63, 3.8) is 0 Å². The minimum Gasteiger partial charge on any atom is -0.450 e. The van der Waals surface area contributed by atoms with Crippen molar-refractivity contribution < 1.29 is 28.6 Å². The molecule has 2 N–H and O–H groups in total. The number of primary amides is 1. The maximum atomic E-state index is 11.7. The predicted molar refractivity (Wildman–Crippen MR) is 395 cm³/mol. The van der Waals surface area contributed by atoms with Crippen molar-refractivity contribution in [1.82, 2.24) is 63.7 Å². The van der Waals surface area contributed by atoms with Crippen LogP contribution in [0.2, 0.25) is 0 Å². The van der Waals surface area contributed by atoms with E-state index >= 15 is 0 Å². The van der Waals surface area contributed by atoms with Gasteiger partial charge in [-0.15, -0.1) is 0 Å². The molecule has 20 heteroatoms. The van der Waals surface area contributed by atoms with Crippen molar-refractivity contribution in [3.8, 4) is 0 Å². The molecule has 97 heavy (non-hydrogen) atoms. The van der Waals surface area contributed by atoms with Crippen molar-refractivity contribution in [2.75, 3.05) is 190 Å². The van der Waals surface area contributed by atoms with Gasteiger partial charge in [0.25, 0.3) is 0 Å². The summed E-state index contributed by atoms with van der Waals surface area (Å²) in [6, 6.07) is 17.7. The molecule has 3 amide bonds. The lowest BCUT2D eigenvalue weighted by atomic mass is 9.93. The summed E-state index contributed by atoms with van der Waals surface area (Å²) in [5, 5.41) is 0. The number of ether oxygens (including phenoxy) is 3. The fourth-order valence-corrected chi connectivity index (χ4v) is 17.4. The lowest BCUT2D eigenvalue weighted by Gasteiger charge is -2.45. The molecule has 0 aliphatic carbocycles. The first-order valence-corrected chi connectivity index (χ1v) is 39.6. The van der Waals surface area contributed by atoms with Crippen LogP contribution < -0.4 is 5.73 Å². The number of rotatable bonds is 14. The van der Waals surface area contributed by atoms with Crippen molar-refractivity contribution >= 4 is 17.9 Å². The van der Waals surface area contributed by atoms with E-state index in [2.05, 4.69) is 153 Å². The molecule has 6 atom stereocenters. The molecule has 11 heterocycles. The fraction of sp³-hybridized carbons (Fsp3) is 0.883. The van der Waals surface area contributed by atoms with Crippen LogP contribution in [0.4, 0.5) is 4.79 Å². The number of piperidine rings is 7. The van der Waals surface area contributed by atoms with Crippen LogP contribution in [0.15, 0.2) is 30.3 Å². The van der Waals surface area contributed by atoms with Gasteiger partial charge in [-0.3, -0.25) is 63.5 Å². The zero-order valence-electron chi connectivity index (χ0n) is 63.7. The summed E-state index contributed by atoms with van der Waals surface area (Å²) >= 11 is 0. The zero-order valence-corrected chi connectivity index (χ0v) is 63.7. The van der Waals surface area contributed by atoms with Gasteiger partial charge in [0.1, 0.15) is 0 Å². The van der Waals surface area contributed by atoms with Gasteiger partial charge in [0, 0.05) is 218 Å². The lowest BCUT2D eigenvalue weighted by Crippen LogP contribution is -2.56. The molecular weight excluding hydrogens is 1220 g/mol. The van der Waals surface area contributed by atoms with Crippen molar-refractivity contribution in [2.45, 2.75) is 246 Å². The van der Waals surface area contributed by atoms with Crippen LogP contribution in [-0.2, 0) is 30.3 Å². The first-order chi connectivity index (χ1) is 46.7. The van der Waals surface area contributed by atoms with Gasteiger partial charge < -0.3 is 29.7 Å². The average molecular weight is 1360 g/mol. The standard InChI is InChI=1S/C19H31N3.C15H29N3O2.C15H28N2O2.2C14H27N3O/c1-17(2)22-10-6-9-19(16-22)21-13-11-20(12-14-21)15-18-7-4-3-5-8-18;1-4-20-15(19)17-10-8-16(9-11-17)14-6-5-7-18(12-14)13(2)3;1-13(2)17-7-3-4-14(12-17)16-8-5-15(6-9-16)18-10-11-19-15;1-12(2)17-6-4-5-14(11-17)16-9-7-15(8-10-16)13(3)18;1-11(2)16-7-4-6-13(10-16)17-8-3-5-12(9-17)14(15)18/h3-5,7-8,17,19H,6,9-16H2,1-2H3;13-14H,4-12H2,1-3H3;13-14H,3-12H2,1-2H3;12,14H,4-11H2,1-3H3;11-13H,3-10H2,1-2H3,(H2,15,18). The summed E-state index contributed by atoms with van der Waals surface area (Å²) in [7, 11) is 0. The molecule has 12 rings (SSSR count). The van der Waals surface area contributed by atoms with Crippen LogP contribution >= 0.6 is 0 Å². The minimum atomic E-state index is -0.219. The molecule has 0 radical (unpaired) electrons. The van der Waals surface area contributed by atoms with Crippen LogP contribution in [0, 0.1) is 5.92 Å². The van der Waals surface area contributed by atoms with Crippen molar-refractivity contribution in [3.05, 3.63) is 35.9 Å². The van der Waals surface area contributed by atoms with Crippen LogP contribution in [0.25, 0.3) is 0 Å². The smallest absolute Gasteiger partial charge is 0.409 e. The second-order valence-corrected chi connectivity index (χ2v) is 31.9. The van der Waals surface area contributed by atoms with E-state index in [1.54, 1.807) is 6.92 Å². The highest BCUT2D eigenvalue weighted by molar-refractivity contribution is 5.77. The number of nitrogens with zero attached hydrogens (tertiary/aromatic N) is 13. The Morgan fingerprint density at radius 2 is 0.794 bits per heavy atom. The van der Waals surface area contributed by atoms with Gasteiger partial charge >= 0.3 is 6.09 Å². The molecule has 20 nitrogen and oxygen atoms in total. The molecule has 1 aromatic carbocycles. The summed E-state index contributed by atoms with van der Waals surface area (Å²) in [4.78, 5) is 66.9. The Labute approximate surface area is 590 Å². The van der Waals surface area contributed by atoms with Gasteiger partial charge in [0.05, 0.1) is 25.7 Å². The second-order valence-electron chi connectivity index (χ2n) is 31.9. The number of benzene rings is 1. The van der Waals surface area contributed by atoms with Crippen LogP contribution in [0.1, 0.15) is 179 Å². The molecule has 556 valence electrons. The molecule has 11 aliphatic rings. The quantitative estimate of drug-likeness (QED) is 0.191. The Kier molecular flexibility index (Phi) is 33.4. The van der Waals surface area contributed by atoms with Gasteiger partial charge in [-0.05, 0) is 198 Å². The number of amides is 3. The third kappa shape index (κ3) is 25.1. The maximum Gasteiger partial charge on any atom is 0.409 e. The molecule has 6 unspecified atom stereocenters. The number of carbonyl (C=O) groups excluding carboxylic acids is 3. The SMILES string of the molecule is CC(=O)N1CCN(C2CCCN(C(C)C)C2)CC1.CC(C)N1CCCC(N2CCC3(CC2)OCCO3)C1.CC(C)N1CCCC(N2CCCC(C(N)=O)C2)C1.CC(C)N1CCCC(N2CCN(Cc3ccccc3)CC2)C1.CCOC(=O)N1CCN(C2CCCN(C(C)C)C2)CC1. The number of piperazine rings is 3. The molecule has 0 saturated carbocycles. The molecule has 1 aromatic rings. The van der Waals surface area contributed by atoms with Gasteiger partial charge in [0.2, 0.25) is 11.8 Å². The topological polar surface area (TPSA) is 147 Å². The molecule has 11 aliphatic heterocycles. The van der Waals surface area contributed by atoms with E-state index in [0.29, 0.717) is 54.9 Å². The van der Waals surface area contributed by atoms with E-state index in [9.17, 15) is 14.4 Å². The van der Waals surface area contributed by atoms with Gasteiger partial charge in [-0.2, -0.15) is 0 Å². The van der Waals surface area contributed by atoms with Gasteiger partial charge in [-0.1, -0.05) is 30.3 Å². The molecule has 1 spiro atoms. The second kappa shape index (κ2) is 40.7. The molecule has 11 saturated heterocycles. The van der Waals surface area contributed by atoms with Crippen LogP contribution in [-0.4, -0.2) is 338 Å². The van der Waals surface area contributed by atoms with E-state index in [0.717, 1.165) is 143 Å². The largest absolute Gasteiger partial charge is 0.450 e.